The maximum absolute atomic E-state index is 6.02. The number of rotatable bonds is 7. The Morgan fingerprint density at radius 3 is 2.50 bits per heavy atom. The van der Waals surface area contributed by atoms with Crippen LogP contribution in [0.15, 0.2) is 18.2 Å². The summed E-state index contributed by atoms with van der Waals surface area (Å²) in [5.41, 5.74) is 7.94. The van der Waals surface area contributed by atoms with Crippen molar-refractivity contribution in [1.29, 1.82) is 0 Å². The van der Waals surface area contributed by atoms with Crippen LogP contribution in [0.4, 0.5) is 5.69 Å². The predicted molar refractivity (Wildman–Crippen MR) is 80.0 cm³/mol. The van der Waals surface area contributed by atoms with Crippen LogP contribution in [0.25, 0.3) is 0 Å². The van der Waals surface area contributed by atoms with Crippen molar-refractivity contribution >= 4 is 17.3 Å². The Labute approximate surface area is 116 Å². The van der Waals surface area contributed by atoms with E-state index in [0.29, 0.717) is 0 Å². The van der Waals surface area contributed by atoms with Gasteiger partial charge in [0.05, 0.1) is 0 Å². The first kappa shape index (κ1) is 15.3. The van der Waals surface area contributed by atoms with E-state index in [1.165, 1.54) is 0 Å². The number of anilines is 1. The molecule has 0 radical (unpaired) electrons. The van der Waals surface area contributed by atoms with Crippen LogP contribution in [-0.2, 0) is 6.54 Å². The smallest absolute Gasteiger partial charge is 0.0410 e. The van der Waals surface area contributed by atoms with Gasteiger partial charge in [0.15, 0.2) is 0 Å². The molecular weight excluding hydrogens is 246 g/mol. The first-order valence-electron chi connectivity index (χ1n) is 6.44. The molecule has 0 aliphatic carbocycles. The molecule has 0 unspecified atom stereocenters. The molecule has 0 saturated heterocycles. The first-order valence-corrected chi connectivity index (χ1v) is 6.81. The maximum Gasteiger partial charge on any atom is 0.0410 e. The number of hydrogen-bond acceptors (Lipinski definition) is 3. The van der Waals surface area contributed by atoms with E-state index in [9.17, 15) is 0 Å². The molecule has 0 bridgehead atoms. The van der Waals surface area contributed by atoms with Crippen molar-refractivity contribution in [1.82, 2.24) is 9.80 Å². The standard InChI is InChI=1S/C14H24ClN3/c1-4-7-18(9-8-17(2)3)11-12-10-13(15)5-6-14(12)16/h5-6,10H,4,7-9,11,16H2,1-3H3. The van der Waals surface area contributed by atoms with Gasteiger partial charge >= 0.3 is 0 Å². The van der Waals surface area contributed by atoms with Crippen LogP contribution in [0.5, 0.6) is 0 Å². The minimum absolute atomic E-state index is 0.753. The second kappa shape index (κ2) is 7.62. The summed E-state index contributed by atoms with van der Waals surface area (Å²) in [7, 11) is 4.19. The number of nitrogen functional groups attached to an aromatic ring is 1. The summed E-state index contributed by atoms with van der Waals surface area (Å²) in [4.78, 5) is 4.62. The van der Waals surface area contributed by atoms with E-state index in [1.54, 1.807) is 0 Å². The fraction of sp³-hybridized carbons (Fsp3) is 0.571. The average Bonchev–Trinajstić information content (AvgIpc) is 2.31. The lowest BCUT2D eigenvalue weighted by atomic mass is 10.1. The summed E-state index contributed by atoms with van der Waals surface area (Å²) in [6, 6.07) is 5.69. The lowest BCUT2D eigenvalue weighted by Crippen LogP contribution is -2.32. The SMILES string of the molecule is CCCN(CCN(C)C)Cc1cc(Cl)ccc1N. The van der Waals surface area contributed by atoms with E-state index in [4.69, 9.17) is 17.3 Å². The lowest BCUT2D eigenvalue weighted by molar-refractivity contribution is 0.234. The van der Waals surface area contributed by atoms with Gasteiger partial charge < -0.3 is 10.6 Å². The zero-order chi connectivity index (χ0) is 13.5. The fourth-order valence-electron chi connectivity index (χ4n) is 1.88. The average molecular weight is 270 g/mol. The molecule has 102 valence electrons. The third-order valence-electron chi connectivity index (χ3n) is 2.90. The molecule has 0 amide bonds. The Morgan fingerprint density at radius 1 is 1.17 bits per heavy atom. The Bertz CT molecular complexity index is 366. The maximum atomic E-state index is 6.02. The quantitative estimate of drug-likeness (QED) is 0.773. The lowest BCUT2D eigenvalue weighted by Gasteiger charge is -2.24. The molecule has 3 nitrogen and oxygen atoms in total. The zero-order valence-electron chi connectivity index (χ0n) is 11.6. The number of likely N-dealkylation sites (N-methyl/N-ethyl adjacent to an activating group) is 1. The second-order valence-electron chi connectivity index (χ2n) is 4.92. The Balaban J connectivity index is 2.66. The molecule has 4 heteroatoms. The minimum atomic E-state index is 0.753. The third kappa shape index (κ3) is 5.25. The fourth-order valence-corrected chi connectivity index (χ4v) is 2.07. The highest BCUT2D eigenvalue weighted by Crippen LogP contribution is 2.19. The van der Waals surface area contributed by atoms with Gasteiger partial charge in [0.2, 0.25) is 0 Å². The van der Waals surface area contributed by atoms with E-state index in [1.807, 2.05) is 18.2 Å². The Hall–Kier alpha value is -0.770. The molecule has 0 spiro atoms. The number of hydrogen-bond donors (Lipinski definition) is 1. The van der Waals surface area contributed by atoms with Crippen molar-refractivity contribution in [3.05, 3.63) is 28.8 Å². The molecule has 0 aromatic heterocycles. The Kier molecular flexibility index (Phi) is 6.47. The minimum Gasteiger partial charge on any atom is -0.398 e. The van der Waals surface area contributed by atoms with Crippen LogP contribution in [0, 0.1) is 0 Å². The zero-order valence-corrected chi connectivity index (χ0v) is 12.4. The van der Waals surface area contributed by atoms with Gasteiger partial charge in [-0.15, -0.1) is 0 Å². The molecule has 1 rings (SSSR count). The van der Waals surface area contributed by atoms with Gasteiger partial charge in [0, 0.05) is 30.3 Å². The summed E-state index contributed by atoms with van der Waals surface area (Å²) in [6.45, 7) is 6.26. The van der Waals surface area contributed by atoms with Crippen molar-refractivity contribution in [3.63, 3.8) is 0 Å². The predicted octanol–water partition coefficient (Wildman–Crippen LogP) is 2.70. The van der Waals surface area contributed by atoms with Crippen LogP contribution in [0.1, 0.15) is 18.9 Å². The molecule has 1 aromatic carbocycles. The molecule has 0 heterocycles. The molecule has 0 aliphatic rings. The number of halogens is 1. The highest BCUT2D eigenvalue weighted by molar-refractivity contribution is 6.30. The largest absolute Gasteiger partial charge is 0.398 e. The highest BCUT2D eigenvalue weighted by atomic mass is 35.5. The van der Waals surface area contributed by atoms with Gasteiger partial charge in [-0.1, -0.05) is 18.5 Å². The summed E-state index contributed by atoms with van der Waals surface area (Å²) in [5.74, 6) is 0. The van der Waals surface area contributed by atoms with Gasteiger partial charge in [-0.05, 0) is 50.8 Å². The molecule has 2 N–H and O–H groups in total. The van der Waals surface area contributed by atoms with E-state index >= 15 is 0 Å². The van der Waals surface area contributed by atoms with E-state index in [2.05, 4.69) is 30.8 Å². The summed E-state index contributed by atoms with van der Waals surface area (Å²) in [6.07, 6.45) is 1.15. The molecule has 0 saturated carbocycles. The molecule has 0 aliphatic heterocycles. The summed E-state index contributed by atoms with van der Waals surface area (Å²) >= 11 is 6.02. The highest BCUT2D eigenvalue weighted by Gasteiger charge is 2.08. The molecular formula is C14H24ClN3. The third-order valence-corrected chi connectivity index (χ3v) is 3.14. The van der Waals surface area contributed by atoms with Crippen molar-refractivity contribution in [2.75, 3.05) is 39.5 Å². The van der Waals surface area contributed by atoms with Gasteiger partial charge in [-0.25, -0.2) is 0 Å². The molecule has 18 heavy (non-hydrogen) atoms. The van der Waals surface area contributed by atoms with Crippen LogP contribution in [0.2, 0.25) is 5.02 Å². The van der Waals surface area contributed by atoms with Gasteiger partial charge in [0.1, 0.15) is 0 Å². The number of nitrogens with zero attached hydrogens (tertiary/aromatic N) is 2. The summed E-state index contributed by atoms with van der Waals surface area (Å²) < 4.78 is 0. The van der Waals surface area contributed by atoms with E-state index in [-0.39, 0.29) is 0 Å². The van der Waals surface area contributed by atoms with Gasteiger partial charge in [-0.2, -0.15) is 0 Å². The van der Waals surface area contributed by atoms with E-state index < -0.39 is 0 Å². The van der Waals surface area contributed by atoms with Crippen LogP contribution in [0.3, 0.4) is 0 Å². The van der Waals surface area contributed by atoms with Gasteiger partial charge in [-0.3, -0.25) is 4.90 Å². The van der Waals surface area contributed by atoms with Gasteiger partial charge in [0.25, 0.3) is 0 Å². The van der Waals surface area contributed by atoms with Crippen molar-refractivity contribution in [3.8, 4) is 0 Å². The molecule has 0 atom stereocenters. The van der Waals surface area contributed by atoms with Crippen LogP contribution in [-0.4, -0.2) is 43.5 Å². The van der Waals surface area contributed by atoms with Crippen molar-refractivity contribution < 1.29 is 0 Å². The van der Waals surface area contributed by atoms with E-state index in [0.717, 1.165) is 48.9 Å². The van der Waals surface area contributed by atoms with Crippen LogP contribution < -0.4 is 5.73 Å². The monoisotopic (exact) mass is 269 g/mol. The number of nitrogens with two attached hydrogens (primary N) is 1. The molecule has 0 fully saturated rings. The normalized spacial score (nSPS) is 11.4. The van der Waals surface area contributed by atoms with Crippen molar-refractivity contribution in [2.45, 2.75) is 19.9 Å². The second-order valence-corrected chi connectivity index (χ2v) is 5.36. The first-order chi connectivity index (χ1) is 8.52. The topological polar surface area (TPSA) is 32.5 Å². The number of benzene rings is 1. The summed E-state index contributed by atoms with van der Waals surface area (Å²) in [5, 5.41) is 0.753. The van der Waals surface area contributed by atoms with Crippen molar-refractivity contribution in [2.24, 2.45) is 0 Å². The Morgan fingerprint density at radius 2 is 1.89 bits per heavy atom. The van der Waals surface area contributed by atoms with Crippen LogP contribution >= 0.6 is 11.6 Å². The molecule has 1 aromatic rings.